The first-order valence-electron chi connectivity index (χ1n) is 7.76. The van der Waals surface area contributed by atoms with E-state index in [1.165, 1.54) is 16.5 Å². The molecule has 0 aliphatic carbocycles. The third-order valence-electron chi connectivity index (χ3n) is 3.93. The number of nitriles is 1. The minimum absolute atomic E-state index is 0.267. The first kappa shape index (κ1) is 15.6. The second-order valence-electron chi connectivity index (χ2n) is 6.28. The summed E-state index contributed by atoms with van der Waals surface area (Å²) in [4.78, 5) is 0. The van der Waals surface area contributed by atoms with Crippen LogP contribution >= 0.6 is 0 Å². The quantitative estimate of drug-likeness (QED) is 0.778. The fraction of sp³-hybridized carbons (Fsp3) is 0.500. The molecule has 0 bridgehead atoms. The van der Waals surface area contributed by atoms with Crippen molar-refractivity contribution in [3.05, 3.63) is 36.0 Å². The van der Waals surface area contributed by atoms with E-state index in [2.05, 4.69) is 53.3 Å². The molecule has 21 heavy (non-hydrogen) atoms. The van der Waals surface area contributed by atoms with Gasteiger partial charge in [-0.25, -0.2) is 0 Å². The summed E-state index contributed by atoms with van der Waals surface area (Å²) in [5.41, 5.74) is 2.34. The Bertz CT molecular complexity index is 631. The van der Waals surface area contributed by atoms with Crippen LogP contribution in [0.25, 0.3) is 10.9 Å². The summed E-state index contributed by atoms with van der Waals surface area (Å²) in [6, 6.07) is 11.0. The molecule has 3 nitrogen and oxygen atoms in total. The molecule has 0 unspecified atom stereocenters. The summed E-state index contributed by atoms with van der Waals surface area (Å²) in [5, 5.41) is 13.9. The molecule has 1 aromatic carbocycles. The predicted octanol–water partition coefficient (Wildman–Crippen LogP) is 4.08. The van der Waals surface area contributed by atoms with Crippen molar-refractivity contribution in [3.8, 4) is 6.07 Å². The summed E-state index contributed by atoms with van der Waals surface area (Å²) in [6.07, 6.45) is 4.16. The molecule has 0 radical (unpaired) electrons. The fourth-order valence-electron chi connectivity index (χ4n) is 2.49. The van der Waals surface area contributed by atoms with Crippen LogP contribution in [0, 0.1) is 16.7 Å². The van der Waals surface area contributed by atoms with Crippen molar-refractivity contribution in [2.45, 2.75) is 46.7 Å². The number of aromatic nitrogens is 1. The molecule has 3 heteroatoms. The lowest BCUT2D eigenvalue weighted by Gasteiger charge is -2.16. The number of hydrogen-bond donors (Lipinski definition) is 1. The van der Waals surface area contributed by atoms with Gasteiger partial charge in [-0.1, -0.05) is 19.1 Å². The Kier molecular flexibility index (Phi) is 5.03. The molecule has 1 heterocycles. The number of rotatable bonds is 7. The lowest BCUT2D eigenvalue weighted by atomic mass is 9.91. The van der Waals surface area contributed by atoms with Crippen LogP contribution in [0.15, 0.2) is 30.5 Å². The molecular weight excluding hydrogens is 258 g/mol. The molecule has 1 aromatic heterocycles. The molecule has 0 aliphatic heterocycles. The third kappa shape index (κ3) is 3.86. The maximum atomic E-state index is 9.13. The summed E-state index contributed by atoms with van der Waals surface area (Å²) in [5.74, 6) is 0. The van der Waals surface area contributed by atoms with Gasteiger partial charge in [0.05, 0.1) is 11.5 Å². The van der Waals surface area contributed by atoms with E-state index in [9.17, 15) is 0 Å². The average molecular weight is 283 g/mol. The summed E-state index contributed by atoms with van der Waals surface area (Å²) in [6.45, 7) is 9.03. The van der Waals surface area contributed by atoms with Crippen LogP contribution in [0.2, 0.25) is 0 Å². The molecule has 0 spiro atoms. The monoisotopic (exact) mass is 283 g/mol. The number of aryl methyl sites for hydroxylation is 1. The minimum Gasteiger partial charge on any atom is -0.347 e. The Hall–Kier alpha value is -1.79. The van der Waals surface area contributed by atoms with Gasteiger partial charge in [-0.05, 0) is 50.9 Å². The van der Waals surface area contributed by atoms with Crippen LogP contribution in [-0.2, 0) is 13.1 Å². The van der Waals surface area contributed by atoms with E-state index >= 15 is 0 Å². The van der Waals surface area contributed by atoms with Gasteiger partial charge in [0.15, 0.2) is 0 Å². The van der Waals surface area contributed by atoms with Gasteiger partial charge >= 0.3 is 0 Å². The number of hydrogen-bond acceptors (Lipinski definition) is 2. The van der Waals surface area contributed by atoms with Gasteiger partial charge in [0.25, 0.3) is 0 Å². The fourth-order valence-corrected chi connectivity index (χ4v) is 2.49. The van der Waals surface area contributed by atoms with Crippen molar-refractivity contribution >= 4 is 10.9 Å². The van der Waals surface area contributed by atoms with Gasteiger partial charge in [-0.3, -0.25) is 0 Å². The van der Waals surface area contributed by atoms with Crippen LogP contribution in [0.1, 0.15) is 39.2 Å². The number of fused-ring (bicyclic) bond motifs is 1. The van der Waals surface area contributed by atoms with Crippen LogP contribution < -0.4 is 5.32 Å². The summed E-state index contributed by atoms with van der Waals surface area (Å²) >= 11 is 0. The average Bonchev–Trinajstić information content (AvgIpc) is 2.90. The normalized spacial score (nSPS) is 11.7. The topological polar surface area (TPSA) is 40.8 Å². The molecule has 0 atom stereocenters. The molecular formula is C18H25N3. The van der Waals surface area contributed by atoms with Crippen LogP contribution in [0.3, 0.4) is 0 Å². The second-order valence-corrected chi connectivity index (χ2v) is 6.28. The molecule has 0 aliphatic rings. The van der Waals surface area contributed by atoms with Crippen molar-refractivity contribution in [1.82, 2.24) is 9.88 Å². The highest BCUT2D eigenvalue weighted by Crippen LogP contribution is 2.24. The van der Waals surface area contributed by atoms with E-state index in [-0.39, 0.29) is 5.41 Å². The van der Waals surface area contributed by atoms with Crippen LogP contribution in [-0.4, -0.2) is 11.1 Å². The van der Waals surface area contributed by atoms with Crippen molar-refractivity contribution in [2.24, 2.45) is 5.41 Å². The molecule has 2 aromatic rings. The van der Waals surface area contributed by atoms with E-state index in [1.54, 1.807) is 0 Å². The Morgan fingerprint density at radius 1 is 1.29 bits per heavy atom. The Morgan fingerprint density at radius 3 is 2.81 bits per heavy atom. The molecule has 0 saturated heterocycles. The highest BCUT2D eigenvalue weighted by Gasteiger charge is 2.16. The van der Waals surface area contributed by atoms with E-state index in [4.69, 9.17) is 5.26 Å². The van der Waals surface area contributed by atoms with Crippen LogP contribution in [0.4, 0.5) is 0 Å². The SMILES string of the molecule is CCCNCc1cccc2c1ccn2CCC(C)(C)C#N. The molecule has 2 rings (SSSR count). The third-order valence-corrected chi connectivity index (χ3v) is 3.93. The molecule has 0 amide bonds. The zero-order valence-corrected chi connectivity index (χ0v) is 13.3. The zero-order valence-electron chi connectivity index (χ0n) is 13.3. The van der Waals surface area contributed by atoms with Crippen molar-refractivity contribution in [1.29, 1.82) is 5.26 Å². The maximum Gasteiger partial charge on any atom is 0.0684 e. The Balaban J connectivity index is 2.16. The molecule has 1 N–H and O–H groups in total. The largest absolute Gasteiger partial charge is 0.347 e. The number of nitrogens with one attached hydrogen (secondary N) is 1. The van der Waals surface area contributed by atoms with Gasteiger partial charge in [0, 0.05) is 30.2 Å². The van der Waals surface area contributed by atoms with Gasteiger partial charge in [-0.15, -0.1) is 0 Å². The highest BCUT2D eigenvalue weighted by molar-refractivity contribution is 5.83. The van der Waals surface area contributed by atoms with E-state index in [0.717, 1.165) is 32.5 Å². The lowest BCUT2D eigenvalue weighted by molar-refractivity contribution is 0.417. The van der Waals surface area contributed by atoms with E-state index < -0.39 is 0 Å². The van der Waals surface area contributed by atoms with Crippen LogP contribution in [0.5, 0.6) is 0 Å². The molecule has 0 fully saturated rings. The smallest absolute Gasteiger partial charge is 0.0684 e. The second kappa shape index (κ2) is 6.78. The van der Waals surface area contributed by atoms with Crippen molar-refractivity contribution < 1.29 is 0 Å². The first-order chi connectivity index (χ1) is 10.1. The lowest BCUT2D eigenvalue weighted by Crippen LogP contribution is -2.14. The van der Waals surface area contributed by atoms with Crippen molar-refractivity contribution in [3.63, 3.8) is 0 Å². The standard InChI is InChI=1S/C18H25N3/c1-4-10-20-13-15-6-5-7-17-16(15)8-11-21(17)12-9-18(2,3)14-19/h5-8,11,20H,4,9-10,12-13H2,1-3H3. The number of benzene rings is 1. The Morgan fingerprint density at radius 2 is 2.10 bits per heavy atom. The van der Waals surface area contributed by atoms with E-state index in [0.29, 0.717) is 0 Å². The van der Waals surface area contributed by atoms with Crippen molar-refractivity contribution in [2.75, 3.05) is 6.54 Å². The van der Waals surface area contributed by atoms with E-state index in [1.807, 2.05) is 13.8 Å². The van der Waals surface area contributed by atoms with Gasteiger partial charge in [0.1, 0.15) is 0 Å². The summed E-state index contributed by atoms with van der Waals surface area (Å²) in [7, 11) is 0. The minimum atomic E-state index is -0.267. The zero-order chi connectivity index (χ0) is 15.3. The first-order valence-corrected chi connectivity index (χ1v) is 7.76. The number of nitrogens with zero attached hydrogens (tertiary/aromatic N) is 2. The highest BCUT2D eigenvalue weighted by atomic mass is 15.0. The maximum absolute atomic E-state index is 9.13. The molecule has 112 valence electrons. The predicted molar refractivity (Wildman–Crippen MR) is 87.9 cm³/mol. The van der Waals surface area contributed by atoms with Gasteiger partial charge in [0.2, 0.25) is 0 Å². The van der Waals surface area contributed by atoms with Gasteiger partial charge in [-0.2, -0.15) is 5.26 Å². The Labute approximate surface area is 127 Å². The molecule has 0 saturated carbocycles. The van der Waals surface area contributed by atoms with Gasteiger partial charge < -0.3 is 9.88 Å². The summed E-state index contributed by atoms with van der Waals surface area (Å²) < 4.78 is 2.26.